The first-order valence-corrected chi connectivity index (χ1v) is 6.02. The fourth-order valence-corrected chi connectivity index (χ4v) is 2.02. The predicted octanol–water partition coefficient (Wildman–Crippen LogP) is 2.53. The van der Waals surface area contributed by atoms with Gasteiger partial charge in [-0.05, 0) is 19.1 Å². The van der Waals surface area contributed by atoms with E-state index < -0.39 is 0 Å². The van der Waals surface area contributed by atoms with Crippen LogP contribution in [0.4, 0.5) is 5.82 Å². The zero-order valence-electron chi connectivity index (χ0n) is 9.01. The second kappa shape index (κ2) is 4.76. The van der Waals surface area contributed by atoms with E-state index in [9.17, 15) is 0 Å². The van der Waals surface area contributed by atoms with E-state index in [1.54, 1.807) is 17.4 Å². The van der Waals surface area contributed by atoms with Crippen molar-refractivity contribution in [3.63, 3.8) is 0 Å². The Kier molecular flexibility index (Phi) is 3.36. The molecule has 4 nitrogen and oxygen atoms in total. The minimum atomic E-state index is 0.404. The van der Waals surface area contributed by atoms with Crippen LogP contribution in [-0.4, -0.2) is 22.2 Å². The first kappa shape index (κ1) is 11.3. The van der Waals surface area contributed by atoms with E-state index in [2.05, 4.69) is 20.6 Å². The Hall–Kier alpha value is -1.20. The van der Waals surface area contributed by atoms with Crippen LogP contribution in [-0.2, 0) is 6.54 Å². The molecular formula is C10H11ClN4S. The van der Waals surface area contributed by atoms with E-state index in [-0.39, 0.29) is 0 Å². The molecule has 2 aromatic rings. The molecule has 0 radical (unpaired) electrons. The first-order chi connectivity index (χ1) is 7.65. The molecule has 2 heterocycles. The van der Waals surface area contributed by atoms with E-state index in [1.807, 2.05) is 24.9 Å². The van der Waals surface area contributed by atoms with Crippen molar-refractivity contribution >= 4 is 28.8 Å². The molecule has 0 aliphatic heterocycles. The van der Waals surface area contributed by atoms with E-state index in [4.69, 9.17) is 11.6 Å². The van der Waals surface area contributed by atoms with Crippen LogP contribution in [0, 0.1) is 6.92 Å². The minimum absolute atomic E-state index is 0.404. The summed E-state index contributed by atoms with van der Waals surface area (Å²) >= 11 is 7.33. The van der Waals surface area contributed by atoms with Crippen molar-refractivity contribution in [2.75, 3.05) is 11.9 Å². The zero-order chi connectivity index (χ0) is 11.5. The lowest BCUT2D eigenvalue weighted by molar-refractivity contribution is 0.846. The van der Waals surface area contributed by atoms with E-state index in [1.165, 1.54) is 0 Å². The molecule has 0 aliphatic carbocycles. The third kappa shape index (κ3) is 2.68. The van der Waals surface area contributed by atoms with Crippen LogP contribution in [0.1, 0.15) is 10.7 Å². The lowest BCUT2D eigenvalue weighted by Crippen LogP contribution is -2.18. The molecule has 0 saturated heterocycles. The number of halogens is 1. The van der Waals surface area contributed by atoms with Gasteiger partial charge in [0.1, 0.15) is 0 Å². The van der Waals surface area contributed by atoms with Gasteiger partial charge in [-0.2, -0.15) is 0 Å². The summed E-state index contributed by atoms with van der Waals surface area (Å²) in [5.74, 6) is 0.787. The fraction of sp³-hybridized carbons (Fsp3) is 0.300. The van der Waals surface area contributed by atoms with Crippen molar-refractivity contribution < 1.29 is 0 Å². The largest absolute Gasteiger partial charge is 0.352 e. The van der Waals surface area contributed by atoms with Gasteiger partial charge in [0.05, 0.1) is 17.2 Å². The third-order valence-electron chi connectivity index (χ3n) is 2.07. The molecule has 0 atom stereocenters. The van der Waals surface area contributed by atoms with Crippen LogP contribution in [0.5, 0.6) is 0 Å². The molecule has 6 heteroatoms. The number of aromatic nitrogens is 3. The number of hydrogen-bond donors (Lipinski definition) is 0. The van der Waals surface area contributed by atoms with E-state index >= 15 is 0 Å². The summed E-state index contributed by atoms with van der Waals surface area (Å²) < 4.78 is 0. The molecule has 2 aromatic heterocycles. The highest BCUT2D eigenvalue weighted by atomic mass is 35.5. The average molecular weight is 255 g/mol. The summed E-state index contributed by atoms with van der Waals surface area (Å²) in [5, 5.41) is 11.3. The molecule has 0 bridgehead atoms. The molecular weight excluding hydrogens is 244 g/mol. The summed E-state index contributed by atoms with van der Waals surface area (Å²) in [6.07, 6.45) is 0. The van der Waals surface area contributed by atoms with Crippen LogP contribution in [0.3, 0.4) is 0 Å². The van der Waals surface area contributed by atoms with Gasteiger partial charge in [0.15, 0.2) is 11.0 Å². The number of aryl methyl sites for hydroxylation is 1. The summed E-state index contributed by atoms with van der Waals surface area (Å²) in [4.78, 5) is 6.38. The van der Waals surface area contributed by atoms with Crippen molar-refractivity contribution in [3.05, 3.63) is 33.4 Å². The summed E-state index contributed by atoms with van der Waals surface area (Å²) in [6, 6.07) is 3.57. The van der Waals surface area contributed by atoms with Crippen LogP contribution in [0.2, 0.25) is 5.15 Å². The van der Waals surface area contributed by atoms with Crippen LogP contribution in [0.15, 0.2) is 17.5 Å². The van der Waals surface area contributed by atoms with Crippen LogP contribution in [0.25, 0.3) is 0 Å². The van der Waals surface area contributed by atoms with Crippen molar-refractivity contribution in [2.24, 2.45) is 0 Å². The van der Waals surface area contributed by atoms with Gasteiger partial charge in [-0.1, -0.05) is 11.6 Å². The Labute approximate surface area is 103 Å². The summed E-state index contributed by atoms with van der Waals surface area (Å²) in [7, 11) is 1.95. The van der Waals surface area contributed by atoms with Gasteiger partial charge in [0.2, 0.25) is 0 Å². The highest BCUT2D eigenvalue weighted by Gasteiger charge is 2.06. The highest BCUT2D eigenvalue weighted by Crippen LogP contribution is 2.15. The van der Waals surface area contributed by atoms with E-state index in [0.717, 1.165) is 23.1 Å². The lowest BCUT2D eigenvalue weighted by atomic mass is 10.4. The minimum Gasteiger partial charge on any atom is -0.352 e. The SMILES string of the molecule is Cc1nc(CN(C)c2ccc(Cl)nn2)cs1. The molecule has 16 heavy (non-hydrogen) atoms. The molecule has 0 spiro atoms. The number of thiazole rings is 1. The second-order valence-electron chi connectivity index (χ2n) is 3.43. The molecule has 84 valence electrons. The molecule has 0 aliphatic rings. The van der Waals surface area contributed by atoms with Gasteiger partial charge in [-0.3, -0.25) is 0 Å². The maximum Gasteiger partial charge on any atom is 0.151 e. The fourth-order valence-electron chi connectivity index (χ4n) is 1.32. The Balaban J connectivity index is 2.08. The molecule has 2 rings (SSSR count). The average Bonchev–Trinajstić information content (AvgIpc) is 2.65. The van der Waals surface area contributed by atoms with Crippen LogP contribution >= 0.6 is 22.9 Å². The van der Waals surface area contributed by atoms with Gasteiger partial charge >= 0.3 is 0 Å². The Morgan fingerprint density at radius 1 is 1.38 bits per heavy atom. The summed E-state index contributed by atoms with van der Waals surface area (Å²) in [6.45, 7) is 2.72. The quantitative estimate of drug-likeness (QED) is 0.844. The Bertz CT molecular complexity index is 468. The topological polar surface area (TPSA) is 41.9 Å². The van der Waals surface area contributed by atoms with Crippen molar-refractivity contribution in [1.29, 1.82) is 0 Å². The van der Waals surface area contributed by atoms with Gasteiger partial charge in [0, 0.05) is 12.4 Å². The maximum atomic E-state index is 5.68. The molecule has 0 amide bonds. The number of hydrogen-bond acceptors (Lipinski definition) is 5. The zero-order valence-corrected chi connectivity index (χ0v) is 10.6. The monoisotopic (exact) mass is 254 g/mol. The van der Waals surface area contributed by atoms with Crippen molar-refractivity contribution in [3.8, 4) is 0 Å². The molecule has 0 N–H and O–H groups in total. The number of anilines is 1. The predicted molar refractivity (Wildman–Crippen MR) is 66.0 cm³/mol. The van der Waals surface area contributed by atoms with Gasteiger partial charge in [0.25, 0.3) is 0 Å². The lowest BCUT2D eigenvalue weighted by Gasteiger charge is -2.15. The summed E-state index contributed by atoms with van der Waals surface area (Å²) in [5.41, 5.74) is 1.04. The smallest absolute Gasteiger partial charge is 0.151 e. The highest BCUT2D eigenvalue weighted by molar-refractivity contribution is 7.09. The number of rotatable bonds is 3. The van der Waals surface area contributed by atoms with Crippen LogP contribution < -0.4 is 4.90 Å². The van der Waals surface area contributed by atoms with Gasteiger partial charge in [-0.15, -0.1) is 21.5 Å². The number of nitrogens with zero attached hydrogens (tertiary/aromatic N) is 4. The molecule has 0 unspecified atom stereocenters. The second-order valence-corrected chi connectivity index (χ2v) is 4.88. The molecule has 0 fully saturated rings. The van der Waals surface area contributed by atoms with Gasteiger partial charge in [-0.25, -0.2) is 4.98 Å². The normalized spacial score (nSPS) is 10.4. The Morgan fingerprint density at radius 3 is 2.75 bits per heavy atom. The maximum absolute atomic E-state index is 5.68. The van der Waals surface area contributed by atoms with Crippen molar-refractivity contribution in [1.82, 2.24) is 15.2 Å². The van der Waals surface area contributed by atoms with Gasteiger partial charge < -0.3 is 4.90 Å². The standard InChI is InChI=1S/C10H11ClN4S/c1-7-12-8(6-16-7)5-15(2)10-4-3-9(11)13-14-10/h3-4,6H,5H2,1-2H3. The molecule has 0 aromatic carbocycles. The first-order valence-electron chi connectivity index (χ1n) is 4.76. The Morgan fingerprint density at radius 2 is 2.19 bits per heavy atom. The van der Waals surface area contributed by atoms with Crippen molar-refractivity contribution in [2.45, 2.75) is 13.5 Å². The van der Waals surface area contributed by atoms with E-state index in [0.29, 0.717) is 5.15 Å². The third-order valence-corrected chi connectivity index (χ3v) is 3.10. The molecule has 0 saturated carbocycles.